The van der Waals surface area contributed by atoms with Crippen molar-refractivity contribution in [2.45, 2.75) is 32.7 Å². The lowest BCUT2D eigenvalue weighted by Gasteiger charge is -2.34. The minimum Gasteiger partial charge on any atom is -0.465 e. The van der Waals surface area contributed by atoms with Gasteiger partial charge < -0.3 is 19.4 Å². The Morgan fingerprint density at radius 3 is 2.64 bits per heavy atom. The molecule has 0 amide bonds. The number of aryl methyl sites for hydroxylation is 1. The topological polar surface area (TPSA) is 53.2 Å². The van der Waals surface area contributed by atoms with E-state index >= 15 is 0 Å². The molecule has 1 saturated heterocycles. The third-order valence-corrected chi connectivity index (χ3v) is 4.45. The van der Waals surface area contributed by atoms with Crippen LogP contribution in [0.25, 0.3) is 0 Å². The predicted molar refractivity (Wildman–Crippen MR) is 113 cm³/mol. The molecule has 0 aromatic carbocycles. The minimum absolute atomic E-state index is 0. The zero-order valence-corrected chi connectivity index (χ0v) is 18.3. The first-order valence-corrected chi connectivity index (χ1v) is 8.95. The van der Waals surface area contributed by atoms with Crippen molar-refractivity contribution in [1.29, 1.82) is 0 Å². The SMILES string of the molecule is CCCCN(C)C(=NC)NCC(c1ccc(C)o1)N1CCOCC1.I. The zero-order chi connectivity index (χ0) is 17.4. The van der Waals surface area contributed by atoms with Gasteiger partial charge in [0.1, 0.15) is 11.5 Å². The summed E-state index contributed by atoms with van der Waals surface area (Å²) < 4.78 is 11.4. The van der Waals surface area contributed by atoms with E-state index in [1.54, 1.807) is 0 Å². The van der Waals surface area contributed by atoms with E-state index in [2.05, 4.69) is 40.1 Å². The number of rotatable bonds is 7. The Kier molecular flexibility index (Phi) is 10.4. The Morgan fingerprint density at radius 2 is 2.08 bits per heavy atom. The Balaban J connectivity index is 0.00000312. The second kappa shape index (κ2) is 11.7. The van der Waals surface area contributed by atoms with Gasteiger partial charge in [-0.1, -0.05) is 13.3 Å². The summed E-state index contributed by atoms with van der Waals surface area (Å²) in [5.74, 6) is 2.89. The summed E-state index contributed by atoms with van der Waals surface area (Å²) in [5.41, 5.74) is 0. The van der Waals surface area contributed by atoms with E-state index < -0.39 is 0 Å². The number of halogens is 1. The number of furan rings is 1. The van der Waals surface area contributed by atoms with Crippen LogP contribution in [0.1, 0.15) is 37.3 Å². The molecule has 144 valence electrons. The minimum atomic E-state index is 0. The Bertz CT molecular complexity index is 515. The molecule has 1 fully saturated rings. The van der Waals surface area contributed by atoms with Gasteiger partial charge in [-0.25, -0.2) is 0 Å². The van der Waals surface area contributed by atoms with Gasteiger partial charge in [0.25, 0.3) is 0 Å². The number of guanidine groups is 1. The highest BCUT2D eigenvalue weighted by Gasteiger charge is 2.25. The number of aliphatic imine (C=N–C) groups is 1. The average molecular weight is 464 g/mol. The van der Waals surface area contributed by atoms with Crippen molar-refractivity contribution in [3.05, 3.63) is 23.7 Å². The molecular formula is C18H33IN4O2. The summed E-state index contributed by atoms with van der Waals surface area (Å²) in [5, 5.41) is 3.52. The molecule has 2 heterocycles. The Morgan fingerprint density at radius 1 is 1.36 bits per heavy atom. The highest BCUT2D eigenvalue weighted by molar-refractivity contribution is 14.0. The second-order valence-electron chi connectivity index (χ2n) is 6.32. The van der Waals surface area contributed by atoms with Crippen LogP contribution in [0.15, 0.2) is 21.5 Å². The summed E-state index contributed by atoms with van der Waals surface area (Å²) in [6, 6.07) is 4.31. The van der Waals surface area contributed by atoms with Crippen LogP contribution in [-0.4, -0.2) is 69.2 Å². The van der Waals surface area contributed by atoms with Gasteiger partial charge >= 0.3 is 0 Å². The third-order valence-electron chi connectivity index (χ3n) is 4.45. The van der Waals surface area contributed by atoms with Gasteiger partial charge in [-0.3, -0.25) is 9.89 Å². The summed E-state index contributed by atoms with van der Waals surface area (Å²) >= 11 is 0. The molecule has 1 unspecified atom stereocenters. The lowest BCUT2D eigenvalue weighted by Crippen LogP contribution is -2.46. The molecule has 1 N–H and O–H groups in total. The van der Waals surface area contributed by atoms with Gasteiger partial charge in [0.15, 0.2) is 5.96 Å². The maximum absolute atomic E-state index is 5.91. The first-order chi connectivity index (χ1) is 11.7. The maximum Gasteiger partial charge on any atom is 0.193 e. The maximum atomic E-state index is 5.91. The molecule has 1 aromatic heterocycles. The van der Waals surface area contributed by atoms with Gasteiger partial charge in [0.05, 0.1) is 19.3 Å². The Hall–Kier alpha value is -0.800. The number of hydrogen-bond acceptors (Lipinski definition) is 4. The van der Waals surface area contributed by atoms with Crippen LogP contribution in [-0.2, 0) is 4.74 Å². The smallest absolute Gasteiger partial charge is 0.193 e. The molecule has 7 heteroatoms. The molecule has 0 saturated carbocycles. The molecule has 0 spiro atoms. The van der Waals surface area contributed by atoms with Crippen LogP contribution in [0, 0.1) is 6.92 Å². The number of unbranched alkanes of at least 4 members (excludes halogenated alkanes) is 1. The molecule has 1 aliphatic rings. The van der Waals surface area contributed by atoms with Crippen LogP contribution in [0.2, 0.25) is 0 Å². The lowest BCUT2D eigenvalue weighted by molar-refractivity contribution is 0.0123. The van der Waals surface area contributed by atoms with Gasteiger partial charge in [0.2, 0.25) is 0 Å². The molecule has 6 nitrogen and oxygen atoms in total. The molecule has 0 aliphatic carbocycles. The van der Waals surface area contributed by atoms with E-state index in [1.165, 1.54) is 12.8 Å². The number of morpholine rings is 1. The highest BCUT2D eigenvalue weighted by atomic mass is 127. The third kappa shape index (κ3) is 6.79. The summed E-state index contributed by atoms with van der Waals surface area (Å²) in [6.07, 6.45) is 2.35. The van der Waals surface area contributed by atoms with Gasteiger partial charge in [0, 0.05) is 40.3 Å². The molecule has 0 bridgehead atoms. The highest BCUT2D eigenvalue weighted by Crippen LogP contribution is 2.23. The van der Waals surface area contributed by atoms with Crippen molar-refractivity contribution >= 4 is 29.9 Å². The van der Waals surface area contributed by atoms with E-state index in [4.69, 9.17) is 9.15 Å². The van der Waals surface area contributed by atoms with Crippen molar-refractivity contribution in [1.82, 2.24) is 15.1 Å². The fourth-order valence-electron chi connectivity index (χ4n) is 3.01. The van der Waals surface area contributed by atoms with Crippen molar-refractivity contribution in [3.63, 3.8) is 0 Å². The van der Waals surface area contributed by atoms with Crippen molar-refractivity contribution in [2.24, 2.45) is 4.99 Å². The molecule has 25 heavy (non-hydrogen) atoms. The van der Waals surface area contributed by atoms with Crippen LogP contribution < -0.4 is 5.32 Å². The monoisotopic (exact) mass is 464 g/mol. The summed E-state index contributed by atoms with van der Waals surface area (Å²) in [6.45, 7) is 9.40. The molecule has 1 aliphatic heterocycles. The molecule has 1 atom stereocenters. The van der Waals surface area contributed by atoms with Crippen molar-refractivity contribution in [3.8, 4) is 0 Å². The second-order valence-corrected chi connectivity index (χ2v) is 6.32. The fraction of sp³-hybridized carbons (Fsp3) is 0.722. The normalized spacial score (nSPS) is 17.0. The quantitative estimate of drug-likeness (QED) is 0.382. The van der Waals surface area contributed by atoms with Crippen molar-refractivity contribution < 1.29 is 9.15 Å². The average Bonchev–Trinajstić information content (AvgIpc) is 3.03. The van der Waals surface area contributed by atoms with E-state index in [9.17, 15) is 0 Å². The number of nitrogens with zero attached hydrogens (tertiary/aromatic N) is 3. The first-order valence-electron chi connectivity index (χ1n) is 8.95. The Labute approximate surface area is 169 Å². The fourth-order valence-corrected chi connectivity index (χ4v) is 3.01. The molecule has 0 radical (unpaired) electrons. The van der Waals surface area contributed by atoms with Gasteiger partial charge in [-0.2, -0.15) is 0 Å². The van der Waals surface area contributed by atoms with Gasteiger partial charge in [-0.05, 0) is 25.5 Å². The van der Waals surface area contributed by atoms with E-state index in [1.807, 2.05) is 20.0 Å². The summed E-state index contributed by atoms with van der Waals surface area (Å²) in [7, 11) is 3.93. The van der Waals surface area contributed by atoms with Crippen LogP contribution in [0.3, 0.4) is 0 Å². The first kappa shape index (κ1) is 22.2. The number of hydrogen-bond donors (Lipinski definition) is 1. The van der Waals surface area contributed by atoms with E-state index in [0.717, 1.165) is 56.9 Å². The van der Waals surface area contributed by atoms with E-state index in [-0.39, 0.29) is 30.0 Å². The zero-order valence-electron chi connectivity index (χ0n) is 16.0. The van der Waals surface area contributed by atoms with Crippen LogP contribution in [0.4, 0.5) is 0 Å². The molecule has 2 rings (SSSR count). The lowest BCUT2D eigenvalue weighted by atomic mass is 10.1. The molecule has 1 aromatic rings. The van der Waals surface area contributed by atoms with Crippen LogP contribution >= 0.6 is 24.0 Å². The number of nitrogens with one attached hydrogen (secondary N) is 1. The standard InChI is InChI=1S/C18H32N4O2.HI/c1-5-6-9-21(4)18(19-3)20-14-16(17-8-7-15(2)24-17)22-10-12-23-13-11-22;/h7-8,16H,5-6,9-14H2,1-4H3,(H,19,20);1H. The summed E-state index contributed by atoms with van der Waals surface area (Å²) in [4.78, 5) is 9.03. The molecular weight excluding hydrogens is 431 g/mol. The van der Waals surface area contributed by atoms with Crippen LogP contribution in [0.5, 0.6) is 0 Å². The van der Waals surface area contributed by atoms with Gasteiger partial charge in [-0.15, -0.1) is 24.0 Å². The predicted octanol–water partition coefficient (Wildman–Crippen LogP) is 2.89. The van der Waals surface area contributed by atoms with Crippen molar-refractivity contribution in [2.75, 3.05) is 53.5 Å². The largest absolute Gasteiger partial charge is 0.465 e. The van der Waals surface area contributed by atoms with E-state index in [0.29, 0.717) is 0 Å². The number of ether oxygens (including phenoxy) is 1.